The molecule has 0 saturated carbocycles. The van der Waals surface area contributed by atoms with Gasteiger partial charge in [0, 0.05) is 11.1 Å². The number of carbonyl (C=O) groups excluding carboxylic acids is 1. The average molecular weight is 288 g/mol. The number of Topliss-reactive ketones (excluding diaryl/α,β-unsaturated/α-hetero) is 1. The van der Waals surface area contributed by atoms with Crippen LogP contribution in [-0.4, -0.2) is 10.9 Å². The standard InChI is InChI=1S/C20H16O2/c1-12-8-15(11-21)20(22)19-9-14-7-6-13-4-2-3-5-16(13)18(14)10-17(12)19/h2-7,9-12,21H,8H2,1H3/b15-11+. The van der Waals surface area contributed by atoms with Crippen LogP contribution >= 0.6 is 0 Å². The first-order valence-corrected chi connectivity index (χ1v) is 7.52. The summed E-state index contributed by atoms with van der Waals surface area (Å²) >= 11 is 0. The second kappa shape index (κ2) is 4.70. The molecule has 2 heteroatoms. The van der Waals surface area contributed by atoms with Crippen molar-refractivity contribution in [1.29, 1.82) is 0 Å². The van der Waals surface area contributed by atoms with Crippen LogP contribution in [0.1, 0.15) is 35.2 Å². The maximum Gasteiger partial charge on any atom is 0.192 e. The van der Waals surface area contributed by atoms with Crippen LogP contribution in [0.2, 0.25) is 0 Å². The summed E-state index contributed by atoms with van der Waals surface area (Å²) in [6.07, 6.45) is 1.56. The Balaban J connectivity index is 2.08. The van der Waals surface area contributed by atoms with Crippen LogP contribution in [-0.2, 0) is 0 Å². The molecular weight excluding hydrogens is 272 g/mol. The molecular formula is C20H16O2. The minimum atomic E-state index is -0.0503. The monoisotopic (exact) mass is 288 g/mol. The van der Waals surface area contributed by atoms with Gasteiger partial charge in [0.2, 0.25) is 0 Å². The van der Waals surface area contributed by atoms with Gasteiger partial charge in [0.25, 0.3) is 0 Å². The number of aliphatic hydroxyl groups is 1. The largest absolute Gasteiger partial charge is 0.515 e. The molecule has 0 spiro atoms. The van der Waals surface area contributed by atoms with Gasteiger partial charge < -0.3 is 5.11 Å². The van der Waals surface area contributed by atoms with E-state index in [9.17, 15) is 9.90 Å². The molecule has 0 heterocycles. The summed E-state index contributed by atoms with van der Waals surface area (Å²) in [6, 6.07) is 16.6. The fourth-order valence-electron chi connectivity index (χ4n) is 3.49. The van der Waals surface area contributed by atoms with Gasteiger partial charge in [-0.3, -0.25) is 4.79 Å². The summed E-state index contributed by atoms with van der Waals surface area (Å²) in [6.45, 7) is 2.10. The summed E-state index contributed by atoms with van der Waals surface area (Å²) in [5.41, 5.74) is 2.31. The number of fused-ring (bicyclic) bond motifs is 4. The molecule has 1 N–H and O–H groups in total. The molecule has 1 unspecified atom stereocenters. The lowest BCUT2D eigenvalue weighted by atomic mass is 9.79. The van der Waals surface area contributed by atoms with Crippen LogP contribution in [0.3, 0.4) is 0 Å². The van der Waals surface area contributed by atoms with Crippen molar-refractivity contribution in [1.82, 2.24) is 0 Å². The predicted octanol–water partition coefficient (Wildman–Crippen LogP) is 5.12. The first kappa shape index (κ1) is 13.1. The fraction of sp³-hybridized carbons (Fsp3) is 0.150. The molecule has 1 aliphatic carbocycles. The maximum atomic E-state index is 12.5. The van der Waals surface area contributed by atoms with Crippen LogP contribution in [0.4, 0.5) is 0 Å². The van der Waals surface area contributed by atoms with Gasteiger partial charge in [-0.1, -0.05) is 43.3 Å². The van der Waals surface area contributed by atoms with Crippen molar-refractivity contribution in [3.05, 3.63) is 71.5 Å². The molecule has 0 amide bonds. The normalized spacial score (nSPS) is 19.8. The van der Waals surface area contributed by atoms with Crippen LogP contribution in [0.5, 0.6) is 0 Å². The summed E-state index contributed by atoms with van der Waals surface area (Å²) in [7, 11) is 0. The van der Waals surface area contributed by atoms with E-state index in [0.29, 0.717) is 12.0 Å². The molecule has 0 aromatic heterocycles. The minimum absolute atomic E-state index is 0.0503. The lowest BCUT2D eigenvalue weighted by molar-refractivity contribution is 0.102. The maximum absolute atomic E-state index is 12.5. The number of hydrogen-bond acceptors (Lipinski definition) is 2. The number of rotatable bonds is 0. The molecule has 0 fully saturated rings. The number of allylic oxidation sites excluding steroid dienone is 1. The second-order valence-electron chi connectivity index (χ2n) is 6.04. The van der Waals surface area contributed by atoms with Crippen LogP contribution < -0.4 is 0 Å². The third-order valence-corrected chi connectivity index (χ3v) is 4.66. The summed E-state index contributed by atoms with van der Waals surface area (Å²) in [5.74, 6) is 0.181. The van der Waals surface area contributed by atoms with E-state index in [0.717, 1.165) is 22.8 Å². The van der Waals surface area contributed by atoms with Gasteiger partial charge in [-0.15, -0.1) is 0 Å². The molecule has 1 atom stereocenters. The van der Waals surface area contributed by atoms with Crippen molar-refractivity contribution in [3.63, 3.8) is 0 Å². The van der Waals surface area contributed by atoms with E-state index in [4.69, 9.17) is 0 Å². The number of aliphatic hydroxyl groups excluding tert-OH is 1. The lowest BCUT2D eigenvalue weighted by Gasteiger charge is -2.24. The van der Waals surface area contributed by atoms with Crippen LogP contribution in [0.15, 0.2) is 60.4 Å². The Morgan fingerprint density at radius 2 is 1.82 bits per heavy atom. The highest BCUT2D eigenvalue weighted by Crippen LogP contribution is 2.38. The lowest BCUT2D eigenvalue weighted by Crippen LogP contribution is -2.17. The van der Waals surface area contributed by atoms with Crippen molar-refractivity contribution in [2.24, 2.45) is 0 Å². The fourth-order valence-corrected chi connectivity index (χ4v) is 3.49. The Morgan fingerprint density at radius 3 is 2.64 bits per heavy atom. The quantitative estimate of drug-likeness (QED) is 0.354. The van der Waals surface area contributed by atoms with E-state index >= 15 is 0 Å². The van der Waals surface area contributed by atoms with E-state index in [1.54, 1.807) is 0 Å². The Hall–Kier alpha value is -2.61. The molecule has 1 aliphatic rings. The number of carbonyl (C=O) groups is 1. The molecule has 0 aliphatic heterocycles. The third kappa shape index (κ3) is 1.77. The first-order valence-electron chi connectivity index (χ1n) is 7.52. The van der Waals surface area contributed by atoms with Gasteiger partial charge >= 0.3 is 0 Å². The van der Waals surface area contributed by atoms with Crippen molar-refractivity contribution >= 4 is 27.3 Å². The molecule has 3 aromatic carbocycles. The first-order chi connectivity index (χ1) is 10.7. The molecule has 2 nitrogen and oxygen atoms in total. The molecule has 22 heavy (non-hydrogen) atoms. The molecule has 108 valence electrons. The van der Waals surface area contributed by atoms with E-state index < -0.39 is 0 Å². The number of benzene rings is 3. The second-order valence-corrected chi connectivity index (χ2v) is 6.04. The highest BCUT2D eigenvalue weighted by atomic mass is 16.2. The SMILES string of the molecule is CC1C/C(=C\O)C(=O)c2cc3ccc4ccccc4c3cc21. The van der Waals surface area contributed by atoms with Gasteiger partial charge in [-0.05, 0) is 51.6 Å². The summed E-state index contributed by atoms with van der Waals surface area (Å²) in [4.78, 5) is 12.5. The van der Waals surface area contributed by atoms with Crippen LogP contribution in [0, 0.1) is 0 Å². The Kier molecular flexibility index (Phi) is 2.80. The van der Waals surface area contributed by atoms with Crippen molar-refractivity contribution in [2.75, 3.05) is 0 Å². The Bertz CT molecular complexity index is 950. The minimum Gasteiger partial charge on any atom is -0.515 e. The average Bonchev–Trinajstić information content (AvgIpc) is 2.56. The van der Waals surface area contributed by atoms with Gasteiger partial charge in [0.15, 0.2) is 5.78 Å². The molecule has 0 saturated heterocycles. The summed E-state index contributed by atoms with van der Waals surface area (Å²) < 4.78 is 0. The topological polar surface area (TPSA) is 37.3 Å². The van der Waals surface area contributed by atoms with E-state index in [1.165, 1.54) is 16.2 Å². The predicted molar refractivity (Wildman–Crippen MR) is 89.5 cm³/mol. The zero-order valence-corrected chi connectivity index (χ0v) is 12.3. The number of ketones is 1. The zero-order chi connectivity index (χ0) is 15.3. The smallest absolute Gasteiger partial charge is 0.192 e. The Labute approximate surface area is 128 Å². The molecule has 3 aromatic rings. The van der Waals surface area contributed by atoms with E-state index in [2.05, 4.69) is 37.3 Å². The van der Waals surface area contributed by atoms with Gasteiger partial charge in [0.05, 0.1) is 6.26 Å². The molecule has 0 bridgehead atoms. The van der Waals surface area contributed by atoms with Crippen LogP contribution in [0.25, 0.3) is 21.5 Å². The molecule has 0 radical (unpaired) electrons. The van der Waals surface area contributed by atoms with Crippen molar-refractivity contribution in [3.8, 4) is 0 Å². The van der Waals surface area contributed by atoms with Gasteiger partial charge in [-0.2, -0.15) is 0 Å². The third-order valence-electron chi connectivity index (χ3n) is 4.66. The Morgan fingerprint density at radius 1 is 1.05 bits per heavy atom. The highest BCUT2D eigenvalue weighted by Gasteiger charge is 2.27. The van der Waals surface area contributed by atoms with Gasteiger partial charge in [-0.25, -0.2) is 0 Å². The zero-order valence-electron chi connectivity index (χ0n) is 12.3. The summed E-state index contributed by atoms with van der Waals surface area (Å²) in [5, 5.41) is 14.0. The van der Waals surface area contributed by atoms with Crippen molar-refractivity contribution in [2.45, 2.75) is 19.3 Å². The van der Waals surface area contributed by atoms with Crippen molar-refractivity contribution < 1.29 is 9.90 Å². The van der Waals surface area contributed by atoms with E-state index in [-0.39, 0.29) is 11.7 Å². The highest BCUT2D eigenvalue weighted by molar-refractivity contribution is 6.15. The van der Waals surface area contributed by atoms with E-state index in [1.807, 2.05) is 18.2 Å². The number of hydrogen-bond donors (Lipinski definition) is 1. The van der Waals surface area contributed by atoms with Gasteiger partial charge in [0.1, 0.15) is 0 Å². The molecule has 4 rings (SSSR count).